The topological polar surface area (TPSA) is 70.2 Å². The van der Waals surface area contributed by atoms with E-state index in [9.17, 15) is 22.4 Å². The Bertz CT molecular complexity index is 1050. The van der Waals surface area contributed by atoms with Crippen LogP contribution < -0.4 is 15.5 Å². The highest BCUT2D eigenvalue weighted by Gasteiger charge is 2.32. The number of aromatic nitrogens is 2. The molecule has 0 bridgehead atoms. The molecule has 0 spiro atoms. The molecule has 1 fully saturated rings. The Morgan fingerprint density at radius 2 is 1.71 bits per heavy atom. The third-order valence-corrected chi connectivity index (χ3v) is 6.52. The maximum absolute atomic E-state index is 14.0. The summed E-state index contributed by atoms with van der Waals surface area (Å²) in [4.78, 5) is 23.9. The average Bonchev–Trinajstić information content (AvgIpc) is 2.79. The van der Waals surface area contributed by atoms with Crippen molar-refractivity contribution in [2.24, 2.45) is 0 Å². The second-order valence-electron chi connectivity index (χ2n) is 9.26. The van der Waals surface area contributed by atoms with Crippen molar-refractivity contribution in [3.05, 3.63) is 46.4 Å². The van der Waals surface area contributed by atoms with Crippen molar-refractivity contribution in [1.82, 2.24) is 15.3 Å². The number of alkyl halides is 3. The molecular formula is C24H29F4N5O. The normalized spacial score (nSPS) is 20.4. The third-order valence-electron chi connectivity index (χ3n) is 6.52. The molecule has 10 heteroatoms. The molecule has 0 atom stereocenters. The number of halogens is 4. The molecule has 6 nitrogen and oxygen atoms in total. The first kappa shape index (κ1) is 24.2. The lowest BCUT2D eigenvalue weighted by molar-refractivity contribution is -0.137. The first-order valence-corrected chi connectivity index (χ1v) is 11.6. The van der Waals surface area contributed by atoms with Gasteiger partial charge in [-0.15, -0.1) is 0 Å². The number of amides is 1. The summed E-state index contributed by atoms with van der Waals surface area (Å²) < 4.78 is 52.8. The Morgan fingerprint density at radius 1 is 1.03 bits per heavy atom. The van der Waals surface area contributed by atoms with E-state index < -0.39 is 29.0 Å². The van der Waals surface area contributed by atoms with Crippen LogP contribution in [-0.4, -0.2) is 42.1 Å². The summed E-state index contributed by atoms with van der Waals surface area (Å²) in [6.45, 7) is 0. The maximum atomic E-state index is 14.0. The van der Waals surface area contributed by atoms with Gasteiger partial charge in [-0.3, -0.25) is 4.79 Å². The van der Waals surface area contributed by atoms with E-state index in [-0.39, 0.29) is 12.1 Å². The molecule has 2 aromatic rings. The third kappa shape index (κ3) is 5.42. The lowest BCUT2D eigenvalue weighted by Gasteiger charge is -2.30. The van der Waals surface area contributed by atoms with Gasteiger partial charge >= 0.3 is 6.18 Å². The molecule has 2 aliphatic rings. The van der Waals surface area contributed by atoms with Crippen LogP contribution in [0.5, 0.6) is 0 Å². The summed E-state index contributed by atoms with van der Waals surface area (Å²) in [6, 6.07) is 1.76. The summed E-state index contributed by atoms with van der Waals surface area (Å²) in [5, 5.41) is 6.11. The zero-order valence-corrected chi connectivity index (χ0v) is 19.3. The van der Waals surface area contributed by atoms with Gasteiger partial charge in [0.2, 0.25) is 5.95 Å². The summed E-state index contributed by atoms with van der Waals surface area (Å²) in [7, 11) is 3.95. The Hall–Kier alpha value is -2.91. The van der Waals surface area contributed by atoms with Crippen LogP contribution in [0, 0.1) is 5.82 Å². The second-order valence-corrected chi connectivity index (χ2v) is 9.26. The minimum absolute atomic E-state index is 0.120. The number of nitrogens with one attached hydrogen (secondary N) is 2. The predicted molar refractivity (Wildman–Crippen MR) is 122 cm³/mol. The number of hydrogen-bond acceptors (Lipinski definition) is 5. The van der Waals surface area contributed by atoms with Crippen LogP contribution in [0.25, 0.3) is 0 Å². The van der Waals surface area contributed by atoms with Crippen LogP contribution in [0.2, 0.25) is 0 Å². The quantitative estimate of drug-likeness (QED) is 0.607. The molecule has 1 aromatic carbocycles. The highest BCUT2D eigenvalue weighted by molar-refractivity contribution is 5.94. The van der Waals surface area contributed by atoms with Crippen molar-refractivity contribution in [2.75, 3.05) is 24.3 Å². The van der Waals surface area contributed by atoms with Crippen LogP contribution >= 0.6 is 0 Å². The monoisotopic (exact) mass is 479 g/mol. The summed E-state index contributed by atoms with van der Waals surface area (Å²) in [5.41, 5.74) is 0.675. The van der Waals surface area contributed by atoms with Gasteiger partial charge in [-0.1, -0.05) is 0 Å². The van der Waals surface area contributed by atoms with Crippen molar-refractivity contribution in [2.45, 2.75) is 69.6 Å². The summed E-state index contributed by atoms with van der Waals surface area (Å²) in [5.74, 6) is -0.255. The van der Waals surface area contributed by atoms with Crippen molar-refractivity contribution < 1.29 is 22.4 Å². The van der Waals surface area contributed by atoms with Crippen molar-refractivity contribution in [3.63, 3.8) is 0 Å². The first-order valence-electron chi connectivity index (χ1n) is 11.6. The van der Waals surface area contributed by atoms with Crippen molar-refractivity contribution >= 4 is 17.7 Å². The van der Waals surface area contributed by atoms with Crippen LogP contribution in [-0.2, 0) is 19.0 Å². The number of rotatable bonds is 5. The van der Waals surface area contributed by atoms with Gasteiger partial charge < -0.3 is 15.5 Å². The number of carbonyl (C=O) groups excluding carboxylic acids is 1. The zero-order chi connectivity index (χ0) is 24.5. The number of fused-ring (bicyclic) bond motifs is 1. The lowest BCUT2D eigenvalue weighted by atomic mass is 9.91. The molecule has 34 heavy (non-hydrogen) atoms. The molecule has 184 valence electrons. The number of nitrogens with zero attached hydrogens (tertiary/aromatic N) is 3. The maximum Gasteiger partial charge on any atom is 0.416 e. The van der Waals surface area contributed by atoms with E-state index in [1.165, 1.54) is 5.56 Å². The van der Waals surface area contributed by atoms with Gasteiger partial charge in [0.1, 0.15) is 11.6 Å². The van der Waals surface area contributed by atoms with Gasteiger partial charge in [0.25, 0.3) is 5.91 Å². The molecule has 2 aliphatic carbocycles. The Balaban J connectivity index is 1.36. The van der Waals surface area contributed by atoms with Crippen molar-refractivity contribution in [1.29, 1.82) is 0 Å². The number of aryl methyl sites for hydroxylation is 1. The van der Waals surface area contributed by atoms with Crippen LogP contribution in [0.4, 0.5) is 29.3 Å². The van der Waals surface area contributed by atoms with E-state index >= 15 is 0 Å². The van der Waals surface area contributed by atoms with E-state index in [0.717, 1.165) is 50.0 Å². The van der Waals surface area contributed by atoms with Gasteiger partial charge in [0.15, 0.2) is 0 Å². The first-order chi connectivity index (χ1) is 16.1. The average molecular weight is 480 g/mol. The molecule has 0 saturated heterocycles. The van der Waals surface area contributed by atoms with Crippen LogP contribution in [0.3, 0.4) is 0 Å². The van der Waals surface area contributed by atoms with Gasteiger partial charge in [-0.2, -0.15) is 18.2 Å². The highest BCUT2D eigenvalue weighted by atomic mass is 19.4. The van der Waals surface area contributed by atoms with Gasteiger partial charge in [0.05, 0.1) is 16.8 Å². The van der Waals surface area contributed by atoms with Crippen LogP contribution in [0.15, 0.2) is 18.2 Å². The number of carbonyl (C=O) groups is 1. The minimum Gasteiger partial charge on any atom is -0.362 e. The molecule has 1 heterocycles. The molecule has 0 aliphatic heterocycles. The van der Waals surface area contributed by atoms with Gasteiger partial charge in [-0.05, 0) is 69.6 Å². The van der Waals surface area contributed by atoms with Gasteiger partial charge in [0, 0.05) is 31.7 Å². The fourth-order valence-corrected chi connectivity index (χ4v) is 4.71. The highest BCUT2D eigenvalue weighted by Crippen LogP contribution is 2.31. The van der Waals surface area contributed by atoms with Gasteiger partial charge in [-0.25, -0.2) is 9.37 Å². The van der Waals surface area contributed by atoms with E-state index in [1.807, 2.05) is 19.0 Å². The standard InChI is InChI=1S/C24H29F4N5O/c1-33(2)21-17-5-3-4-6-20(17)31-23(32-21)30-16-10-8-15(9-11-16)29-22(34)18-13-14(24(26,27)28)7-12-19(18)25/h7,12-13,15-16H,3-6,8-11H2,1-2H3,(H,29,34)(H,30,31,32). The van der Waals surface area contributed by atoms with E-state index in [4.69, 9.17) is 9.97 Å². The minimum atomic E-state index is -4.64. The zero-order valence-electron chi connectivity index (χ0n) is 19.3. The van der Waals surface area contributed by atoms with E-state index in [0.29, 0.717) is 37.0 Å². The van der Waals surface area contributed by atoms with E-state index in [1.54, 1.807) is 0 Å². The molecule has 1 saturated carbocycles. The Kier molecular flexibility index (Phi) is 6.95. The summed E-state index contributed by atoms with van der Waals surface area (Å²) in [6.07, 6.45) is 2.25. The molecule has 2 N–H and O–H groups in total. The second kappa shape index (κ2) is 9.76. The fraction of sp³-hybridized carbons (Fsp3) is 0.542. The lowest BCUT2D eigenvalue weighted by Crippen LogP contribution is -2.40. The molecule has 1 amide bonds. The SMILES string of the molecule is CN(C)c1nc(NC2CCC(NC(=O)c3cc(C(F)(F)F)ccc3F)CC2)nc2c1CCCC2. The molecule has 0 radical (unpaired) electrons. The molecule has 0 unspecified atom stereocenters. The molecular weight excluding hydrogens is 450 g/mol. The number of anilines is 2. The Labute approximate surface area is 196 Å². The molecule has 4 rings (SSSR count). The number of benzene rings is 1. The van der Waals surface area contributed by atoms with Crippen molar-refractivity contribution in [3.8, 4) is 0 Å². The smallest absolute Gasteiger partial charge is 0.362 e. The number of hydrogen-bond donors (Lipinski definition) is 2. The van der Waals surface area contributed by atoms with E-state index in [2.05, 4.69) is 10.6 Å². The predicted octanol–water partition coefficient (Wildman–Crippen LogP) is 4.73. The summed E-state index contributed by atoms with van der Waals surface area (Å²) >= 11 is 0. The molecule has 1 aromatic heterocycles. The fourth-order valence-electron chi connectivity index (χ4n) is 4.71. The Morgan fingerprint density at radius 3 is 2.38 bits per heavy atom. The largest absolute Gasteiger partial charge is 0.416 e. The van der Waals surface area contributed by atoms with Crippen LogP contribution in [0.1, 0.15) is 65.7 Å².